The minimum Gasteiger partial charge on any atom is -0.480 e. The molecule has 20 heavy (non-hydrogen) atoms. The minimum atomic E-state index is -1.31. The highest BCUT2D eigenvalue weighted by molar-refractivity contribution is 5.95. The van der Waals surface area contributed by atoms with Crippen LogP contribution in [-0.4, -0.2) is 41.1 Å². The molecule has 0 saturated heterocycles. The fourth-order valence-electron chi connectivity index (χ4n) is 1.39. The van der Waals surface area contributed by atoms with Crippen LogP contribution in [0.15, 0.2) is 18.2 Å². The standard InChI is InChI=1S/C12H13FN2O5/c1-20-10(16)6-5-8(12(18)19)15-11(17)7-3-2-4-9(13)14-7/h2-4,8H,5-6H2,1H3,(H,15,17)(H,18,19)/t8-/m0/s1. The van der Waals surface area contributed by atoms with Gasteiger partial charge in [0.05, 0.1) is 7.11 Å². The van der Waals surface area contributed by atoms with Gasteiger partial charge in [0.25, 0.3) is 5.91 Å². The van der Waals surface area contributed by atoms with E-state index in [2.05, 4.69) is 15.0 Å². The average Bonchev–Trinajstić information content (AvgIpc) is 2.42. The number of ether oxygens (including phenoxy) is 1. The summed E-state index contributed by atoms with van der Waals surface area (Å²) in [5.74, 6) is -3.58. The molecular formula is C12H13FN2O5. The third-order valence-electron chi connectivity index (χ3n) is 2.42. The zero-order valence-corrected chi connectivity index (χ0v) is 10.6. The van der Waals surface area contributed by atoms with Crippen molar-refractivity contribution in [3.05, 3.63) is 29.8 Å². The van der Waals surface area contributed by atoms with Gasteiger partial charge in [0.15, 0.2) is 0 Å². The van der Waals surface area contributed by atoms with Crippen LogP contribution in [0.3, 0.4) is 0 Å². The van der Waals surface area contributed by atoms with Gasteiger partial charge in [-0.2, -0.15) is 4.39 Å². The van der Waals surface area contributed by atoms with Gasteiger partial charge in [0.1, 0.15) is 11.7 Å². The normalized spacial score (nSPS) is 11.5. The molecular weight excluding hydrogens is 271 g/mol. The molecule has 1 heterocycles. The first-order valence-corrected chi connectivity index (χ1v) is 5.67. The van der Waals surface area contributed by atoms with Crippen molar-refractivity contribution in [2.75, 3.05) is 7.11 Å². The van der Waals surface area contributed by atoms with Crippen LogP contribution in [0.5, 0.6) is 0 Å². The molecule has 108 valence electrons. The van der Waals surface area contributed by atoms with E-state index in [9.17, 15) is 18.8 Å². The lowest BCUT2D eigenvalue weighted by atomic mass is 10.1. The fraction of sp³-hybridized carbons (Fsp3) is 0.333. The van der Waals surface area contributed by atoms with E-state index in [1.807, 2.05) is 0 Å². The van der Waals surface area contributed by atoms with Crippen LogP contribution in [0, 0.1) is 5.95 Å². The van der Waals surface area contributed by atoms with Crippen LogP contribution in [0.2, 0.25) is 0 Å². The zero-order chi connectivity index (χ0) is 15.1. The third-order valence-corrected chi connectivity index (χ3v) is 2.42. The largest absolute Gasteiger partial charge is 0.480 e. The Kier molecular flexibility index (Phi) is 5.57. The van der Waals surface area contributed by atoms with Crippen LogP contribution in [-0.2, 0) is 14.3 Å². The topological polar surface area (TPSA) is 106 Å². The predicted molar refractivity (Wildman–Crippen MR) is 64.3 cm³/mol. The SMILES string of the molecule is COC(=O)CC[C@H](NC(=O)c1cccc(F)n1)C(=O)O. The van der Waals surface area contributed by atoms with Crippen molar-refractivity contribution in [1.29, 1.82) is 0 Å². The molecule has 0 unspecified atom stereocenters. The van der Waals surface area contributed by atoms with Gasteiger partial charge >= 0.3 is 11.9 Å². The molecule has 0 saturated carbocycles. The molecule has 8 heteroatoms. The Morgan fingerprint density at radius 3 is 2.70 bits per heavy atom. The Balaban J connectivity index is 2.68. The second kappa shape index (κ2) is 7.17. The van der Waals surface area contributed by atoms with Crippen LogP contribution in [0.1, 0.15) is 23.3 Å². The first-order valence-electron chi connectivity index (χ1n) is 5.67. The maximum atomic E-state index is 12.9. The molecule has 0 fully saturated rings. The average molecular weight is 284 g/mol. The number of amides is 1. The molecule has 0 aliphatic heterocycles. The van der Waals surface area contributed by atoms with E-state index >= 15 is 0 Å². The number of carbonyl (C=O) groups excluding carboxylic acids is 2. The lowest BCUT2D eigenvalue weighted by Crippen LogP contribution is -2.41. The number of nitrogens with one attached hydrogen (secondary N) is 1. The summed E-state index contributed by atoms with van der Waals surface area (Å²) in [6, 6.07) is 2.30. The molecule has 0 aliphatic carbocycles. The van der Waals surface area contributed by atoms with Crippen molar-refractivity contribution in [2.45, 2.75) is 18.9 Å². The van der Waals surface area contributed by atoms with E-state index in [1.165, 1.54) is 19.2 Å². The molecule has 7 nitrogen and oxygen atoms in total. The fourth-order valence-corrected chi connectivity index (χ4v) is 1.39. The van der Waals surface area contributed by atoms with Crippen LogP contribution < -0.4 is 5.32 Å². The third kappa shape index (κ3) is 4.63. The summed E-state index contributed by atoms with van der Waals surface area (Å²) < 4.78 is 17.2. The van der Waals surface area contributed by atoms with Gasteiger partial charge in [-0.15, -0.1) is 0 Å². The highest BCUT2D eigenvalue weighted by Gasteiger charge is 2.22. The van der Waals surface area contributed by atoms with Crippen molar-refractivity contribution < 1.29 is 28.6 Å². The molecule has 2 N–H and O–H groups in total. The number of carboxylic acids is 1. The molecule has 0 aromatic carbocycles. The Hall–Kier alpha value is -2.51. The minimum absolute atomic E-state index is 0.136. The molecule has 1 aromatic rings. The number of rotatable bonds is 6. The summed E-state index contributed by atoms with van der Waals surface area (Å²) in [7, 11) is 1.17. The number of aromatic nitrogens is 1. The summed E-state index contributed by atoms with van der Waals surface area (Å²) in [6.07, 6.45) is -0.298. The summed E-state index contributed by atoms with van der Waals surface area (Å²) in [6.45, 7) is 0. The number of carboxylic acid groups (broad SMARTS) is 1. The van der Waals surface area contributed by atoms with Gasteiger partial charge in [-0.3, -0.25) is 9.59 Å². The maximum Gasteiger partial charge on any atom is 0.326 e. The number of esters is 1. The number of methoxy groups -OCH3 is 1. The Morgan fingerprint density at radius 1 is 1.45 bits per heavy atom. The van der Waals surface area contributed by atoms with Gasteiger partial charge in [-0.25, -0.2) is 9.78 Å². The van der Waals surface area contributed by atoms with Gasteiger partial charge in [0, 0.05) is 6.42 Å². The van der Waals surface area contributed by atoms with Crippen molar-refractivity contribution in [1.82, 2.24) is 10.3 Å². The number of pyridine rings is 1. The molecule has 0 aliphatic rings. The van der Waals surface area contributed by atoms with Crippen molar-refractivity contribution in [3.8, 4) is 0 Å². The lowest BCUT2D eigenvalue weighted by Gasteiger charge is -2.13. The molecule has 1 rings (SSSR count). The summed E-state index contributed by atoms with van der Waals surface area (Å²) in [4.78, 5) is 37.0. The second-order valence-electron chi connectivity index (χ2n) is 3.82. The highest BCUT2D eigenvalue weighted by Crippen LogP contribution is 2.03. The van der Waals surface area contributed by atoms with E-state index in [0.29, 0.717) is 0 Å². The van der Waals surface area contributed by atoms with E-state index in [4.69, 9.17) is 5.11 Å². The van der Waals surface area contributed by atoms with Crippen LogP contribution in [0.25, 0.3) is 0 Å². The number of aliphatic carboxylic acids is 1. The van der Waals surface area contributed by atoms with Crippen molar-refractivity contribution >= 4 is 17.8 Å². The van der Waals surface area contributed by atoms with E-state index in [0.717, 1.165) is 6.07 Å². The quantitative estimate of drug-likeness (QED) is 0.577. The van der Waals surface area contributed by atoms with Crippen molar-refractivity contribution in [3.63, 3.8) is 0 Å². The maximum absolute atomic E-state index is 12.9. The molecule has 1 amide bonds. The molecule has 0 spiro atoms. The van der Waals surface area contributed by atoms with E-state index < -0.39 is 29.8 Å². The van der Waals surface area contributed by atoms with Gasteiger partial charge in [-0.05, 0) is 18.6 Å². The Bertz CT molecular complexity index is 520. The van der Waals surface area contributed by atoms with E-state index in [1.54, 1.807) is 0 Å². The van der Waals surface area contributed by atoms with Crippen molar-refractivity contribution in [2.24, 2.45) is 0 Å². The highest BCUT2D eigenvalue weighted by atomic mass is 19.1. The number of halogens is 1. The summed E-state index contributed by atoms with van der Waals surface area (Å²) in [5, 5.41) is 11.1. The molecule has 1 atom stereocenters. The smallest absolute Gasteiger partial charge is 0.326 e. The number of nitrogens with zero attached hydrogens (tertiary/aromatic N) is 1. The van der Waals surface area contributed by atoms with Gasteiger partial charge in [-0.1, -0.05) is 6.07 Å². The Morgan fingerprint density at radius 2 is 2.15 bits per heavy atom. The second-order valence-corrected chi connectivity index (χ2v) is 3.82. The van der Waals surface area contributed by atoms with Crippen LogP contribution in [0.4, 0.5) is 4.39 Å². The first-order chi connectivity index (χ1) is 9.43. The number of carbonyl (C=O) groups is 3. The predicted octanol–water partition coefficient (Wildman–Crippen LogP) is 0.357. The van der Waals surface area contributed by atoms with Crippen LogP contribution >= 0.6 is 0 Å². The summed E-state index contributed by atoms with van der Waals surface area (Å²) >= 11 is 0. The zero-order valence-electron chi connectivity index (χ0n) is 10.6. The molecule has 0 radical (unpaired) electrons. The monoisotopic (exact) mass is 284 g/mol. The summed E-state index contributed by atoms with van der Waals surface area (Å²) in [5.41, 5.74) is -0.241. The van der Waals surface area contributed by atoms with Gasteiger partial charge < -0.3 is 15.2 Å². The Labute approximate surface area is 113 Å². The van der Waals surface area contributed by atoms with Gasteiger partial charge in [0.2, 0.25) is 5.95 Å². The number of hydrogen-bond donors (Lipinski definition) is 2. The number of hydrogen-bond acceptors (Lipinski definition) is 5. The van der Waals surface area contributed by atoms with E-state index in [-0.39, 0.29) is 18.5 Å². The molecule has 0 bridgehead atoms. The first kappa shape index (κ1) is 15.5. The lowest BCUT2D eigenvalue weighted by molar-refractivity contribution is -0.142. The molecule has 1 aromatic heterocycles.